The Morgan fingerprint density at radius 2 is 2.10 bits per heavy atom. The quantitative estimate of drug-likeness (QED) is 0.392. The zero-order valence-corrected chi connectivity index (χ0v) is 5.78. The molecule has 1 fully saturated rings. The number of rotatable bonds is 0. The first kappa shape index (κ1) is 7.05. The van der Waals surface area contributed by atoms with Crippen LogP contribution in [0.4, 0.5) is 0 Å². The third-order valence-corrected chi connectivity index (χ3v) is 1.81. The van der Waals surface area contributed by atoms with Crippen LogP contribution < -0.4 is 0 Å². The fraction of sp³-hybridized carbons (Fsp3) is 0.667. The highest BCUT2D eigenvalue weighted by molar-refractivity contribution is 6.44. The predicted octanol–water partition coefficient (Wildman–Crippen LogP) is 1.08. The van der Waals surface area contributed by atoms with Crippen LogP contribution in [-0.2, 0) is 0 Å². The van der Waals surface area contributed by atoms with Gasteiger partial charge in [-0.3, -0.25) is 0 Å². The van der Waals surface area contributed by atoms with Crippen molar-refractivity contribution >= 4 is 11.4 Å². The van der Waals surface area contributed by atoms with Gasteiger partial charge in [0.1, 0.15) is 11.4 Å². The van der Waals surface area contributed by atoms with Gasteiger partial charge in [0.2, 0.25) is 0 Å². The topological polar surface area (TPSA) is 65.2 Å². The van der Waals surface area contributed by atoms with Crippen LogP contribution in [0.15, 0.2) is 10.3 Å². The second-order valence-electron chi connectivity index (χ2n) is 2.47. The van der Waals surface area contributed by atoms with Crippen LogP contribution in [-0.4, -0.2) is 21.8 Å². The van der Waals surface area contributed by atoms with Gasteiger partial charge in [-0.1, -0.05) is 17.2 Å². The molecule has 1 saturated carbocycles. The molecule has 56 valence electrons. The Morgan fingerprint density at radius 1 is 1.40 bits per heavy atom. The Hall–Kier alpha value is -1.06. The molecule has 0 bridgehead atoms. The standard InChI is InChI=1S/C6H10N2O2/c1-4-2-3-5(7-9)6(4)8-10/h4,9-10H,2-3H2,1H3. The molecule has 0 aromatic heterocycles. The zero-order chi connectivity index (χ0) is 7.56. The van der Waals surface area contributed by atoms with Crippen molar-refractivity contribution in [1.29, 1.82) is 0 Å². The van der Waals surface area contributed by atoms with E-state index < -0.39 is 0 Å². The van der Waals surface area contributed by atoms with Crippen LogP contribution in [0.5, 0.6) is 0 Å². The summed E-state index contributed by atoms with van der Waals surface area (Å²) in [5, 5.41) is 22.9. The number of nitrogens with zero attached hydrogens (tertiary/aromatic N) is 2. The van der Waals surface area contributed by atoms with E-state index >= 15 is 0 Å². The van der Waals surface area contributed by atoms with E-state index in [-0.39, 0.29) is 5.92 Å². The van der Waals surface area contributed by atoms with Gasteiger partial charge in [-0.05, 0) is 12.8 Å². The molecule has 2 N–H and O–H groups in total. The van der Waals surface area contributed by atoms with Gasteiger partial charge >= 0.3 is 0 Å². The summed E-state index contributed by atoms with van der Waals surface area (Å²) in [5.74, 6) is 0.218. The Morgan fingerprint density at radius 3 is 2.50 bits per heavy atom. The van der Waals surface area contributed by atoms with Crippen molar-refractivity contribution in [2.45, 2.75) is 19.8 Å². The first-order chi connectivity index (χ1) is 4.79. The van der Waals surface area contributed by atoms with Gasteiger partial charge in [0.15, 0.2) is 0 Å². The molecule has 1 atom stereocenters. The Balaban J connectivity index is 2.84. The molecule has 0 aromatic rings. The van der Waals surface area contributed by atoms with Gasteiger partial charge < -0.3 is 10.4 Å². The van der Waals surface area contributed by atoms with Crippen LogP contribution in [0.25, 0.3) is 0 Å². The third kappa shape index (κ3) is 0.964. The first-order valence-corrected chi connectivity index (χ1v) is 3.23. The average molecular weight is 142 g/mol. The normalized spacial score (nSPS) is 33.9. The minimum absolute atomic E-state index is 0.218. The van der Waals surface area contributed by atoms with E-state index in [1.165, 1.54) is 0 Å². The Kier molecular flexibility index (Phi) is 1.89. The molecule has 1 rings (SSSR count). The van der Waals surface area contributed by atoms with Gasteiger partial charge in [0.05, 0.1) is 0 Å². The van der Waals surface area contributed by atoms with Crippen molar-refractivity contribution in [3.8, 4) is 0 Å². The summed E-state index contributed by atoms with van der Waals surface area (Å²) in [6.07, 6.45) is 1.61. The highest BCUT2D eigenvalue weighted by Crippen LogP contribution is 2.19. The molecule has 4 nitrogen and oxygen atoms in total. The maximum absolute atomic E-state index is 8.43. The lowest BCUT2D eigenvalue weighted by Crippen LogP contribution is -2.11. The summed E-state index contributed by atoms with van der Waals surface area (Å²) in [6, 6.07) is 0. The molecular weight excluding hydrogens is 132 g/mol. The Labute approximate surface area is 58.8 Å². The van der Waals surface area contributed by atoms with E-state index in [4.69, 9.17) is 10.4 Å². The van der Waals surface area contributed by atoms with E-state index in [0.29, 0.717) is 17.8 Å². The number of hydrogen-bond acceptors (Lipinski definition) is 4. The molecule has 0 heterocycles. The molecule has 0 saturated heterocycles. The van der Waals surface area contributed by atoms with Crippen molar-refractivity contribution in [2.24, 2.45) is 16.2 Å². The summed E-state index contributed by atoms with van der Waals surface area (Å²) in [5.41, 5.74) is 1.03. The molecule has 0 aliphatic heterocycles. The highest BCUT2D eigenvalue weighted by Gasteiger charge is 2.25. The molecule has 10 heavy (non-hydrogen) atoms. The number of hydrogen-bond donors (Lipinski definition) is 2. The fourth-order valence-corrected chi connectivity index (χ4v) is 1.16. The molecule has 0 amide bonds. The largest absolute Gasteiger partial charge is 0.411 e. The molecule has 4 heteroatoms. The smallest absolute Gasteiger partial charge is 0.107 e. The van der Waals surface area contributed by atoms with Gasteiger partial charge in [-0.2, -0.15) is 0 Å². The summed E-state index contributed by atoms with van der Waals surface area (Å²) in [7, 11) is 0. The van der Waals surface area contributed by atoms with Crippen LogP contribution >= 0.6 is 0 Å². The first-order valence-electron chi connectivity index (χ1n) is 3.23. The van der Waals surface area contributed by atoms with E-state index in [1.807, 2.05) is 6.92 Å². The summed E-state index contributed by atoms with van der Waals surface area (Å²) in [6.45, 7) is 1.94. The van der Waals surface area contributed by atoms with E-state index in [2.05, 4.69) is 10.3 Å². The highest BCUT2D eigenvalue weighted by atomic mass is 16.4. The molecule has 1 aliphatic rings. The van der Waals surface area contributed by atoms with Gasteiger partial charge in [-0.25, -0.2) is 0 Å². The lowest BCUT2D eigenvalue weighted by Gasteiger charge is -1.97. The third-order valence-electron chi connectivity index (χ3n) is 1.81. The van der Waals surface area contributed by atoms with Crippen LogP contribution in [0.1, 0.15) is 19.8 Å². The lowest BCUT2D eigenvalue weighted by atomic mass is 10.1. The maximum Gasteiger partial charge on any atom is 0.107 e. The van der Waals surface area contributed by atoms with Crippen molar-refractivity contribution in [3.63, 3.8) is 0 Å². The van der Waals surface area contributed by atoms with E-state index in [0.717, 1.165) is 6.42 Å². The second kappa shape index (κ2) is 2.68. The molecule has 0 aromatic carbocycles. The zero-order valence-electron chi connectivity index (χ0n) is 5.78. The monoisotopic (exact) mass is 142 g/mol. The van der Waals surface area contributed by atoms with Crippen molar-refractivity contribution < 1.29 is 10.4 Å². The van der Waals surface area contributed by atoms with Gasteiger partial charge in [-0.15, -0.1) is 0 Å². The van der Waals surface area contributed by atoms with Crippen LogP contribution in [0, 0.1) is 5.92 Å². The minimum atomic E-state index is 0.218. The maximum atomic E-state index is 8.43. The number of oxime groups is 2. The second-order valence-corrected chi connectivity index (χ2v) is 2.47. The van der Waals surface area contributed by atoms with Crippen molar-refractivity contribution in [3.05, 3.63) is 0 Å². The average Bonchev–Trinajstić information content (AvgIpc) is 2.30. The van der Waals surface area contributed by atoms with Crippen molar-refractivity contribution in [1.82, 2.24) is 0 Å². The van der Waals surface area contributed by atoms with E-state index in [1.54, 1.807) is 0 Å². The molecule has 1 aliphatic carbocycles. The summed E-state index contributed by atoms with van der Waals surface area (Å²) >= 11 is 0. The summed E-state index contributed by atoms with van der Waals surface area (Å²) in [4.78, 5) is 0. The Bertz CT molecular complexity index is 186. The molecule has 0 radical (unpaired) electrons. The lowest BCUT2D eigenvalue weighted by molar-refractivity contribution is 0.313. The van der Waals surface area contributed by atoms with Gasteiger partial charge in [0, 0.05) is 5.92 Å². The molecule has 1 unspecified atom stereocenters. The summed E-state index contributed by atoms with van der Waals surface area (Å²) < 4.78 is 0. The van der Waals surface area contributed by atoms with E-state index in [9.17, 15) is 0 Å². The van der Waals surface area contributed by atoms with Crippen LogP contribution in [0.3, 0.4) is 0 Å². The van der Waals surface area contributed by atoms with Crippen molar-refractivity contribution in [2.75, 3.05) is 0 Å². The SMILES string of the molecule is CC1CCC(=NO)C1=NO. The minimum Gasteiger partial charge on any atom is -0.411 e. The van der Waals surface area contributed by atoms with Gasteiger partial charge in [0.25, 0.3) is 0 Å². The molecule has 0 spiro atoms. The fourth-order valence-electron chi connectivity index (χ4n) is 1.16. The predicted molar refractivity (Wildman–Crippen MR) is 36.8 cm³/mol. The molecular formula is C6H10N2O2. The van der Waals surface area contributed by atoms with Crippen LogP contribution in [0.2, 0.25) is 0 Å².